The molecule has 4 aromatic carbocycles. The Bertz CT molecular complexity index is 2090. The maximum Gasteiger partial charge on any atom is 0.307 e. The highest BCUT2D eigenvalue weighted by atomic mass is 32.1. The van der Waals surface area contributed by atoms with E-state index in [4.69, 9.17) is 4.74 Å². The van der Waals surface area contributed by atoms with Gasteiger partial charge in [-0.1, -0.05) is 84.9 Å². The van der Waals surface area contributed by atoms with Crippen LogP contribution in [0.5, 0.6) is 5.75 Å². The molecule has 0 spiro atoms. The van der Waals surface area contributed by atoms with Crippen LogP contribution in [0.1, 0.15) is 28.0 Å². The maximum absolute atomic E-state index is 14.3. The Labute approximate surface area is 321 Å². The molecule has 1 aromatic heterocycles. The number of ketones is 1. The van der Waals surface area contributed by atoms with Gasteiger partial charge < -0.3 is 25.8 Å². The number of carbonyl (C=O) groups is 5. The van der Waals surface area contributed by atoms with E-state index in [-0.39, 0.29) is 37.9 Å². The molecule has 0 unspecified atom stereocenters. The number of carboxylic acid groups (broad SMARTS) is 1. The molecule has 282 valence electrons. The Hall–Kier alpha value is -6.14. The molecule has 2 aliphatic rings. The summed E-state index contributed by atoms with van der Waals surface area (Å²) in [6.45, 7) is -0.398. The number of benzene rings is 4. The van der Waals surface area contributed by atoms with E-state index >= 15 is 0 Å². The van der Waals surface area contributed by atoms with Gasteiger partial charge in [0, 0.05) is 24.1 Å². The first-order chi connectivity index (χ1) is 26.6. The zero-order chi connectivity index (χ0) is 38.7. The number of hydrogen-bond donors (Lipinski definition) is 4. The van der Waals surface area contributed by atoms with Gasteiger partial charge in [0.05, 0.1) is 12.0 Å². The van der Waals surface area contributed by atoms with Crippen LogP contribution in [-0.4, -0.2) is 59.3 Å². The smallest absolute Gasteiger partial charge is 0.307 e. The maximum atomic E-state index is 14.3. The summed E-state index contributed by atoms with van der Waals surface area (Å²) >= 11 is 1.42. The third-order valence-corrected chi connectivity index (χ3v) is 10.3. The number of fused-ring (bicyclic) bond motifs is 16. The number of amides is 3. The number of hydrogen-bond acceptors (Lipinski definition) is 7. The number of carbonyl (C=O) groups excluding carboxylic acids is 4. The number of ether oxygens (including phenoxy) is 1. The zero-order valence-electron chi connectivity index (χ0n) is 29.8. The largest absolute Gasteiger partial charge is 0.484 e. The Morgan fingerprint density at radius 3 is 1.91 bits per heavy atom. The molecule has 0 saturated heterocycles. The molecular weight excluding hydrogens is 722 g/mol. The van der Waals surface area contributed by atoms with E-state index < -0.39 is 60.1 Å². The standard InChI is InChI=1S/C43H40FN3O7S/c44-33-16-14-31(15-17-33)30-12-8-29(9-13-30)23-37-41(50)46-36(22-27-5-2-1-3-6-27)39(48)24-32(43(52)53)21-28-10-18-34(19-11-28)54-26-40(49)45-38(42(51)47-37)25-35-7-4-20-55-35/h1-20,32,36-38H,21-26H2,(H,45,49)(H,46,50)(H,47,51)(H,52,53)/t32-,36+,37+,38+/m1/s1. The van der Waals surface area contributed by atoms with Gasteiger partial charge in [-0.25, -0.2) is 4.39 Å². The van der Waals surface area contributed by atoms with Crippen LogP contribution in [-0.2, 0) is 49.7 Å². The first-order valence-electron chi connectivity index (χ1n) is 17.9. The summed E-state index contributed by atoms with van der Waals surface area (Å²) < 4.78 is 19.2. The van der Waals surface area contributed by atoms with Crippen LogP contribution in [0, 0.1) is 11.7 Å². The van der Waals surface area contributed by atoms with E-state index in [1.165, 1.54) is 23.5 Å². The molecule has 2 aliphatic heterocycles. The minimum absolute atomic E-state index is 0.0159. The van der Waals surface area contributed by atoms with Crippen LogP contribution in [0.15, 0.2) is 121 Å². The van der Waals surface area contributed by atoms with E-state index in [0.717, 1.165) is 21.6 Å². The molecule has 0 saturated carbocycles. The lowest BCUT2D eigenvalue weighted by Crippen LogP contribution is -2.57. The van der Waals surface area contributed by atoms with Crippen molar-refractivity contribution in [1.29, 1.82) is 0 Å². The van der Waals surface area contributed by atoms with E-state index in [1.807, 2.05) is 47.8 Å². The summed E-state index contributed by atoms with van der Waals surface area (Å²) in [5.41, 5.74) is 3.68. The molecule has 10 nitrogen and oxygen atoms in total. The summed E-state index contributed by atoms with van der Waals surface area (Å²) in [5, 5.41) is 20.4. The minimum atomic E-state index is -1.21. The highest BCUT2D eigenvalue weighted by Crippen LogP contribution is 2.22. The summed E-state index contributed by atoms with van der Waals surface area (Å²) in [7, 11) is 0. The van der Waals surface area contributed by atoms with Gasteiger partial charge in [0.25, 0.3) is 5.91 Å². The normalized spacial score (nSPS) is 19.9. The third kappa shape index (κ3) is 11.0. The van der Waals surface area contributed by atoms with Gasteiger partial charge >= 0.3 is 5.97 Å². The van der Waals surface area contributed by atoms with E-state index in [1.54, 1.807) is 60.7 Å². The first kappa shape index (κ1) is 38.6. The van der Waals surface area contributed by atoms with Crippen molar-refractivity contribution < 1.29 is 38.2 Å². The molecule has 7 rings (SSSR count). The molecule has 4 atom stereocenters. The van der Waals surface area contributed by atoms with Crippen LogP contribution < -0.4 is 20.7 Å². The average Bonchev–Trinajstić information content (AvgIpc) is 3.70. The number of aliphatic carboxylic acids is 1. The lowest BCUT2D eigenvalue weighted by atomic mass is 9.90. The molecule has 12 heteroatoms. The summed E-state index contributed by atoms with van der Waals surface area (Å²) in [6.07, 6.45) is -0.0500. The Morgan fingerprint density at radius 1 is 0.673 bits per heavy atom. The van der Waals surface area contributed by atoms with E-state index in [2.05, 4.69) is 16.0 Å². The molecule has 3 heterocycles. The average molecular weight is 762 g/mol. The number of Topliss-reactive ketones (excluding diaryl/α,β-unsaturated/α-hetero) is 1. The van der Waals surface area contributed by atoms with Crippen molar-refractivity contribution in [2.24, 2.45) is 5.92 Å². The fourth-order valence-electron chi connectivity index (χ4n) is 6.42. The van der Waals surface area contributed by atoms with Crippen molar-refractivity contribution >= 4 is 40.8 Å². The number of nitrogens with one attached hydrogen (secondary N) is 3. The van der Waals surface area contributed by atoms with Crippen molar-refractivity contribution in [2.45, 2.75) is 50.2 Å². The molecule has 3 amide bonds. The van der Waals surface area contributed by atoms with Gasteiger partial charge in [-0.15, -0.1) is 11.3 Å². The van der Waals surface area contributed by atoms with Crippen LogP contribution in [0.25, 0.3) is 11.1 Å². The zero-order valence-corrected chi connectivity index (χ0v) is 30.6. The van der Waals surface area contributed by atoms with Gasteiger partial charge in [0.15, 0.2) is 12.4 Å². The second-order valence-electron chi connectivity index (χ2n) is 13.5. The SMILES string of the molecule is O=C1COc2ccc(cc2)C[C@@H](C(=O)O)CC(=O)[C@H](Cc2ccccc2)NC(=O)[C@H](Cc2ccc(-c3ccc(F)cc3)cc2)NC(=O)[C@H](Cc2cccs2)N1. The second kappa shape index (κ2) is 18.3. The molecule has 0 fully saturated rings. The second-order valence-corrected chi connectivity index (χ2v) is 14.5. The van der Waals surface area contributed by atoms with Gasteiger partial charge in [-0.05, 0) is 76.4 Å². The van der Waals surface area contributed by atoms with Gasteiger partial charge in [0.1, 0.15) is 23.7 Å². The molecule has 5 aromatic rings. The van der Waals surface area contributed by atoms with Crippen molar-refractivity contribution in [2.75, 3.05) is 6.61 Å². The van der Waals surface area contributed by atoms with Gasteiger partial charge in [-0.3, -0.25) is 24.0 Å². The Kier molecular flexibility index (Phi) is 12.8. The molecule has 4 N–H and O–H groups in total. The molecule has 0 aliphatic carbocycles. The predicted molar refractivity (Wildman–Crippen MR) is 206 cm³/mol. The van der Waals surface area contributed by atoms with Crippen molar-refractivity contribution in [3.8, 4) is 16.9 Å². The van der Waals surface area contributed by atoms with Crippen LogP contribution >= 0.6 is 11.3 Å². The van der Waals surface area contributed by atoms with Crippen LogP contribution in [0.4, 0.5) is 4.39 Å². The van der Waals surface area contributed by atoms with Gasteiger partial charge in [0.2, 0.25) is 11.8 Å². The fourth-order valence-corrected chi connectivity index (χ4v) is 7.17. The van der Waals surface area contributed by atoms with Crippen molar-refractivity contribution in [3.05, 3.63) is 148 Å². The van der Waals surface area contributed by atoms with E-state index in [0.29, 0.717) is 16.9 Å². The first-order valence-corrected chi connectivity index (χ1v) is 18.8. The Morgan fingerprint density at radius 2 is 1.27 bits per heavy atom. The highest BCUT2D eigenvalue weighted by Gasteiger charge is 2.32. The lowest BCUT2D eigenvalue weighted by Gasteiger charge is -2.26. The molecule has 0 radical (unpaired) electrons. The van der Waals surface area contributed by atoms with Gasteiger partial charge in [-0.2, -0.15) is 0 Å². The summed E-state index contributed by atoms with van der Waals surface area (Å²) in [5.74, 6) is -4.55. The topological polar surface area (TPSA) is 151 Å². The molecule has 55 heavy (non-hydrogen) atoms. The molecule has 2 bridgehead atoms. The van der Waals surface area contributed by atoms with Crippen LogP contribution in [0.2, 0.25) is 0 Å². The summed E-state index contributed by atoms with van der Waals surface area (Å²) in [4.78, 5) is 68.8. The fraction of sp³-hybridized carbons (Fsp3) is 0.233. The summed E-state index contributed by atoms with van der Waals surface area (Å²) in [6, 6.07) is 29.2. The number of rotatable bonds is 8. The van der Waals surface area contributed by atoms with Crippen molar-refractivity contribution in [3.63, 3.8) is 0 Å². The van der Waals surface area contributed by atoms with Crippen molar-refractivity contribution in [1.82, 2.24) is 16.0 Å². The number of halogens is 1. The lowest BCUT2D eigenvalue weighted by molar-refractivity contribution is -0.144. The van der Waals surface area contributed by atoms with E-state index in [9.17, 15) is 33.5 Å². The Balaban J connectivity index is 1.34. The van der Waals surface area contributed by atoms with Crippen LogP contribution in [0.3, 0.4) is 0 Å². The highest BCUT2D eigenvalue weighted by molar-refractivity contribution is 7.09. The quantitative estimate of drug-likeness (QED) is 0.156. The number of carboxylic acids is 1. The predicted octanol–water partition coefficient (Wildman–Crippen LogP) is 5.33. The number of thiophene rings is 1. The third-order valence-electron chi connectivity index (χ3n) is 9.40. The minimum Gasteiger partial charge on any atom is -0.484 e. The molecular formula is C43H40FN3O7S. The monoisotopic (exact) mass is 761 g/mol.